The number of alkyl halides is 2. The highest BCUT2D eigenvalue weighted by atomic mass is 79.9. The number of halogens is 3. The monoisotopic (exact) mass is 275 g/mol. The number of imidazole rings is 1. The second kappa shape index (κ2) is 3.86. The standard InChI is InChI=1S/C9H8BrF2N3/c10-5-1-2-15-7(3-5)6(4-13)14-9(15)8(11)12/h1-3,8H,4,13H2. The molecule has 0 unspecified atom stereocenters. The van der Waals surface area contributed by atoms with E-state index in [-0.39, 0.29) is 12.4 Å². The smallest absolute Gasteiger partial charge is 0.295 e. The minimum atomic E-state index is -2.60. The van der Waals surface area contributed by atoms with Crippen LogP contribution in [0.5, 0.6) is 0 Å². The number of nitrogens with zero attached hydrogens (tertiary/aromatic N) is 2. The van der Waals surface area contributed by atoms with Crippen LogP contribution in [0.2, 0.25) is 0 Å². The van der Waals surface area contributed by atoms with E-state index < -0.39 is 6.43 Å². The van der Waals surface area contributed by atoms with Crippen LogP contribution in [0.15, 0.2) is 22.8 Å². The van der Waals surface area contributed by atoms with Gasteiger partial charge in [-0.1, -0.05) is 15.9 Å². The van der Waals surface area contributed by atoms with E-state index in [1.54, 1.807) is 18.3 Å². The van der Waals surface area contributed by atoms with E-state index in [1.165, 1.54) is 4.40 Å². The SMILES string of the molecule is NCc1nc(C(F)F)n2ccc(Br)cc12. The first-order valence-corrected chi connectivity index (χ1v) is 5.07. The van der Waals surface area contributed by atoms with Crippen molar-refractivity contribution in [3.8, 4) is 0 Å². The number of rotatable bonds is 2. The number of fused-ring (bicyclic) bond motifs is 1. The van der Waals surface area contributed by atoms with Crippen LogP contribution in [0.3, 0.4) is 0 Å². The molecule has 80 valence electrons. The molecule has 2 rings (SSSR count). The van der Waals surface area contributed by atoms with Gasteiger partial charge in [0.15, 0.2) is 5.82 Å². The number of aromatic nitrogens is 2. The van der Waals surface area contributed by atoms with Gasteiger partial charge in [-0.15, -0.1) is 0 Å². The van der Waals surface area contributed by atoms with E-state index in [0.29, 0.717) is 11.2 Å². The van der Waals surface area contributed by atoms with E-state index in [4.69, 9.17) is 5.73 Å². The maximum atomic E-state index is 12.6. The Balaban J connectivity index is 2.75. The average molecular weight is 276 g/mol. The summed E-state index contributed by atoms with van der Waals surface area (Å²) in [6.45, 7) is 0.146. The van der Waals surface area contributed by atoms with Crippen LogP contribution in [-0.2, 0) is 6.54 Å². The van der Waals surface area contributed by atoms with Gasteiger partial charge in [0.25, 0.3) is 6.43 Å². The second-order valence-electron chi connectivity index (χ2n) is 3.02. The second-order valence-corrected chi connectivity index (χ2v) is 3.94. The van der Waals surface area contributed by atoms with Gasteiger partial charge in [0.1, 0.15) is 0 Å². The Morgan fingerprint density at radius 2 is 2.27 bits per heavy atom. The summed E-state index contributed by atoms with van der Waals surface area (Å²) in [5, 5.41) is 0. The van der Waals surface area contributed by atoms with Gasteiger partial charge in [0.05, 0.1) is 11.2 Å². The molecule has 0 atom stereocenters. The Morgan fingerprint density at radius 1 is 1.53 bits per heavy atom. The number of hydrogen-bond donors (Lipinski definition) is 1. The molecule has 0 saturated heterocycles. The fourth-order valence-corrected chi connectivity index (χ4v) is 1.79. The maximum absolute atomic E-state index is 12.6. The summed E-state index contributed by atoms with van der Waals surface area (Å²) in [5.74, 6) is -0.266. The summed E-state index contributed by atoms with van der Waals surface area (Å²) < 4.78 is 27.4. The third kappa shape index (κ3) is 1.74. The molecule has 0 radical (unpaired) electrons. The maximum Gasteiger partial charge on any atom is 0.295 e. The normalized spacial score (nSPS) is 11.5. The summed E-state index contributed by atoms with van der Waals surface area (Å²) in [4.78, 5) is 3.82. The molecule has 0 aliphatic carbocycles. The molecule has 2 N–H and O–H groups in total. The van der Waals surface area contributed by atoms with Crippen molar-refractivity contribution in [3.05, 3.63) is 34.3 Å². The first-order chi connectivity index (χ1) is 7.13. The van der Waals surface area contributed by atoms with Crippen molar-refractivity contribution in [1.29, 1.82) is 0 Å². The number of nitrogens with two attached hydrogens (primary N) is 1. The van der Waals surface area contributed by atoms with Gasteiger partial charge in [-0.3, -0.25) is 4.40 Å². The first-order valence-electron chi connectivity index (χ1n) is 4.28. The van der Waals surface area contributed by atoms with Gasteiger partial charge in [0, 0.05) is 17.2 Å². The predicted octanol–water partition coefficient (Wildman–Crippen LogP) is 2.49. The zero-order valence-corrected chi connectivity index (χ0v) is 9.21. The molecule has 6 heteroatoms. The molecular weight excluding hydrogens is 268 g/mol. The minimum absolute atomic E-state index is 0.146. The molecule has 0 fully saturated rings. The minimum Gasteiger partial charge on any atom is -0.325 e. The number of pyridine rings is 1. The fourth-order valence-electron chi connectivity index (χ4n) is 1.45. The molecule has 0 aliphatic heterocycles. The van der Waals surface area contributed by atoms with Crippen molar-refractivity contribution in [2.75, 3.05) is 0 Å². The Labute approximate surface area is 93.0 Å². The lowest BCUT2D eigenvalue weighted by molar-refractivity contribution is 0.139. The first kappa shape index (κ1) is 10.5. The van der Waals surface area contributed by atoms with Gasteiger partial charge in [0.2, 0.25) is 0 Å². The summed E-state index contributed by atoms with van der Waals surface area (Å²) in [7, 11) is 0. The van der Waals surface area contributed by atoms with Crippen molar-refractivity contribution in [3.63, 3.8) is 0 Å². The molecule has 0 bridgehead atoms. The molecule has 2 aromatic heterocycles. The van der Waals surface area contributed by atoms with Crippen LogP contribution in [0.25, 0.3) is 5.52 Å². The Kier molecular flexibility index (Phi) is 2.70. The molecule has 0 aromatic carbocycles. The van der Waals surface area contributed by atoms with Gasteiger partial charge in [-0.2, -0.15) is 0 Å². The van der Waals surface area contributed by atoms with E-state index >= 15 is 0 Å². The van der Waals surface area contributed by atoms with Crippen molar-refractivity contribution >= 4 is 21.4 Å². The van der Waals surface area contributed by atoms with Gasteiger partial charge >= 0.3 is 0 Å². The van der Waals surface area contributed by atoms with E-state index in [1.807, 2.05) is 0 Å². The molecule has 15 heavy (non-hydrogen) atoms. The third-order valence-electron chi connectivity index (χ3n) is 2.10. The van der Waals surface area contributed by atoms with Crippen LogP contribution >= 0.6 is 15.9 Å². The van der Waals surface area contributed by atoms with Crippen LogP contribution in [-0.4, -0.2) is 9.38 Å². The molecule has 0 spiro atoms. The highest BCUT2D eigenvalue weighted by Crippen LogP contribution is 2.24. The lowest BCUT2D eigenvalue weighted by Gasteiger charge is -1.99. The molecular formula is C9H8BrF2N3. The van der Waals surface area contributed by atoms with Crippen LogP contribution < -0.4 is 5.73 Å². The van der Waals surface area contributed by atoms with Gasteiger partial charge in [-0.25, -0.2) is 13.8 Å². The third-order valence-corrected chi connectivity index (χ3v) is 2.59. The summed E-state index contributed by atoms with van der Waals surface area (Å²) in [6, 6.07) is 3.40. The largest absolute Gasteiger partial charge is 0.325 e. The summed E-state index contributed by atoms with van der Waals surface area (Å²) >= 11 is 3.27. The van der Waals surface area contributed by atoms with Crippen LogP contribution in [0.1, 0.15) is 17.9 Å². The highest BCUT2D eigenvalue weighted by Gasteiger charge is 2.17. The fraction of sp³-hybridized carbons (Fsp3) is 0.222. The highest BCUT2D eigenvalue weighted by molar-refractivity contribution is 9.10. The predicted molar refractivity (Wildman–Crippen MR) is 55.7 cm³/mol. The summed E-state index contributed by atoms with van der Waals surface area (Å²) in [5.41, 5.74) is 6.53. The van der Waals surface area contributed by atoms with Crippen LogP contribution in [0.4, 0.5) is 8.78 Å². The topological polar surface area (TPSA) is 43.3 Å². The van der Waals surface area contributed by atoms with Crippen molar-refractivity contribution in [1.82, 2.24) is 9.38 Å². The van der Waals surface area contributed by atoms with E-state index in [2.05, 4.69) is 20.9 Å². The van der Waals surface area contributed by atoms with E-state index in [0.717, 1.165) is 4.47 Å². The molecule has 0 amide bonds. The molecule has 2 aromatic rings. The van der Waals surface area contributed by atoms with Crippen molar-refractivity contribution in [2.45, 2.75) is 13.0 Å². The van der Waals surface area contributed by atoms with Crippen LogP contribution in [0, 0.1) is 0 Å². The lowest BCUT2D eigenvalue weighted by atomic mass is 10.3. The lowest BCUT2D eigenvalue weighted by Crippen LogP contribution is -1.97. The van der Waals surface area contributed by atoms with E-state index in [9.17, 15) is 8.78 Å². The molecule has 2 heterocycles. The molecule has 0 saturated carbocycles. The molecule has 3 nitrogen and oxygen atoms in total. The van der Waals surface area contributed by atoms with Crippen molar-refractivity contribution in [2.24, 2.45) is 5.73 Å². The average Bonchev–Trinajstić information content (AvgIpc) is 2.55. The number of hydrogen-bond acceptors (Lipinski definition) is 2. The Morgan fingerprint density at radius 3 is 2.87 bits per heavy atom. The zero-order chi connectivity index (χ0) is 11.0. The Bertz CT molecular complexity index is 495. The Hall–Kier alpha value is -1.01. The van der Waals surface area contributed by atoms with Crippen molar-refractivity contribution < 1.29 is 8.78 Å². The zero-order valence-electron chi connectivity index (χ0n) is 7.62. The summed E-state index contributed by atoms with van der Waals surface area (Å²) in [6.07, 6.45) is -1.05. The van der Waals surface area contributed by atoms with Gasteiger partial charge in [-0.05, 0) is 12.1 Å². The van der Waals surface area contributed by atoms with Gasteiger partial charge < -0.3 is 5.73 Å². The quantitative estimate of drug-likeness (QED) is 0.915. The molecule has 0 aliphatic rings.